The minimum Gasteiger partial charge on any atom is -0.346 e. The van der Waals surface area contributed by atoms with Crippen molar-refractivity contribution in [2.45, 2.75) is 19.8 Å². The zero-order valence-electron chi connectivity index (χ0n) is 11.8. The summed E-state index contributed by atoms with van der Waals surface area (Å²) in [6.07, 6.45) is 4.60. The summed E-state index contributed by atoms with van der Waals surface area (Å²) in [5, 5.41) is 6.80. The van der Waals surface area contributed by atoms with Crippen molar-refractivity contribution < 1.29 is 0 Å². The highest BCUT2D eigenvalue weighted by molar-refractivity contribution is 7.13. The molecule has 3 rings (SSSR count). The van der Waals surface area contributed by atoms with Gasteiger partial charge in [0.25, 0.3) is 0 Å². The Morgan fingerprint density at radius 2 is 2.21 bits per heavy atom. The Bertz CT molecular complexity index is 378. The number of nitrogens with zero attached hydrogens (tertiary/aromatic N) is 3. The number of piperazine rings is 1. The van der Waals surface area contributed by atoms with Crippen LogP contribution in [0.4, 0.5) is 5.13 Å². The van der Waals surface area contributed by atoms with E-state index in [0.29, 0.717) is 5.41 Å². The van der Waals surface area contributed by atoms with Gasteiger partial charge in [-0.25, -0.2) is 4.98 Å². The van der Waals surface area contributed by atoms with E-state index in [4.69, 9.17) is 0 Å². The van der Waals surface area contributed by atoms with Crippen LogP contribution >= 0.6 is 11.3 Å². The molecule has 2 saturated heterocycles. The molecule has 1 N–H and O–H groups in total. The van der Waals surface area contributed by atoms with Crippen LogP contribution in [0.2, 0.25) is 0 Å². The smallest absolute Gasteiger partial charge is 0.185 e. The summed E-state index contributed by atoms with van der Waals surface area (Å²) >= 11 is 1.75. The van der Waals surface area contributed by atoms with Crippen LogP contribution < -0.4 is 10.2 Å². The first-order valence-electron chi connectivity index (χ1n) is 7.33. The summed E-state index contributed by atoms with van der Waals surface area (Å²) in [6.45, 7) is 10.7. The molecule has 0 saturated carbocycles. The number of nitrogens with one attached hydrogen (secondary N) is 1. The fourth-order valence-electron chi connectivity index (χ4n) is 3.26. The van der Waals surface area contributed by atoms with E-state index in [0.717, 1.165) is 13.1 Å². The summed E-state index contributed by atoms with van der Waals surface area (Å²) in [7, 11) is 0. The van der Waals surface area contributed by atoms with E-state index in [-0.39, 0.29) is 0 Å². The number of aromatic nitrogens is 1. The lowest BCUT2D eigenvalue weighted by molar-refractivity contribution is 0.128. The lowest BCUT2D eigenvalue weighted by Crippen LogP contribution is -2.52. The van der Waals surface area contributed by atoms with Crippen molar-refractivity contribution >= 4 is 16.5 Å². The number of anilines is 1. The molecule has 0 radical (unpaired) electrons. The normalized spacial score (nSPS) is 29.6. The number of piperidine rings is 1. The van der Waals surface area contributed by atoms with Crippen LogP contribution in [0.15, 0.2) is 11.6 Å². The molecule has 1 aromatic rings. The molecule has 2 fully saturated rings. The Balaban J connectivity index is 1.50. The second-order valence-corrected chi connectivity index (χ2v) is 7.04. The van der Waals surface area contributed by atoms with Crippen molar-refractivity contribution in [2.24, 2.45) is 5.41 Å². The van der Waals surface area contributed by atoms with Crippen molar-refractivity contribution in [3.05, 3.63) is 11.6 Å². The molecule has 0 aliphatic carbocycles. The van der Waals surface area contributed by atoms with Gasteiger partial charge in [0, 0.05) is 50.8 Å². The molecule has 5 heteroatoms. The van der Waals surface area contributed by atoms with E-state index >= 15 is 0 Å². The van der Waals surface area contributed by atoms with Gasteiger partial charge in [-0.3, -0.25) is 4.90 Å². The predicted molar refractivity (Wildman–Crippen MR) is 81.0 cm³/mol. The second kappa shape index (κ2) is 5.77. The summed E-state index contributed by atoms with van der Waals surface area (Å²) in [6, 6.07) is 0. The molecule has 1 atom stereocenters. The molecule has 2 aliphatic rings. The maximum Gasteiger partial charge on any atom is 0.185 e. The SMILES string of the molecule is CC1(CN2CCN(c3nccs3)CC2)CCCNC1. The van der Waals surface area contributed by atoms with Gasteiger partial charge in [0.1, 0.15) is 0 Å². The third kappa shape index (κ3) is 3.27. The quantitative estimate of drug-likeness (QED) is 0.912. The minimum absolute atomic E-state index is 0.474. The van der Waals surface area contributed by atoms with E-state index in [1.54, 1.807) is 11.3 Å². The molecular formula is C14H24N4S. The standard InChI is InChI=1S/C14H24N4S/c1-14(3-2-4-15-11-14)12-17-6-8-18(9-7-17)13-16-5-10-19-13/h5,10,15H,2-4,6-9,11-12H2,1H3. The second-order valence-electron chi connectivity index (χ2n) is 6.17. The van der Waals surface area contributed by atoms with Crippen LogP contribution in [0, 0.1) is 5.41 Å². The Kier molecular flexibility index (Phi) is 4.05. The first-order valence-corrected chi connectivity index (χ1v) is 8.21. The molecule has 3 heterocycles. The number of rotatable bonds is 3. The van der Waals surface area contributed by atoms with Crippen LogP contribution in [0.25, 0.3) is 0 Å². The van der Waals surface area contributed by atoms with Gasteiger partial charge in [-0.15, -0.1) is 11.3 Å². The van der Waals surface area contributed by atoms with Gasteiger partial charge in [-0.1, -0.05) is 6.92 Å². The molecule has 106 valence electrons. The molecular weight excluding hydrogens is 256 g/mol. The van der Waals surface area contributed by atoms with Crippen molar-refractivity contribution in [2.75, 3.05) is 50.7 Å². The Labute approximate surface area is 119 Å². The first-order chi connectivity index (χ1) is 9.25. The highest BCUT2D eigenvalue weighted by Gasteiger charge is 2.30. The Morgan fingerprint density at radius 1 is 1.37 bits per heavy atom. The highest BCUT2D eigenvalue weighted by atomic mass is 32.1. The maximum absolute atomic E-state index is 4.41. The monoisotopic (exact) mass is 280 g/mol. The van der Waals surface area contributed by atoms with Crippen molar-refractivity contribution in [3.8, 4) is 0 Å². The summed E-state index contributed by atoms with van der Waals surface area (Å²) in [5.74, 6) is 0. The number of hydrogen-bond donors (Lipinski definition) is 1. The topological polar surface area (TPSA) is 31.4 Å². The van der Waals surface area contributed by atoms with Gasteiger partial charge in [0.2, 0.25) is 0 Å². The van der Waals surface area contributed by atoms with Gasteiger partial charge < -0.3 is 10.2 Å². The van der Waals surface area contributed by atoms with E-state index in [1.165, 1.54) is 50.7 Å². The summed E-state index contributed by atoms with van der Waals surface area (Å²) in [5.41, 5.74) is 0.474. The van der Waals surface area contributed by atoms with Crippen molar-refractivity contribution in [3.63, 3.8) is 0 Å². The van der Waals surface area contributed by atoms with E-state index < -0.39 is 0 Å². The number of hydrogen-bond acceptors (Lipinski definition) is 5. The Morgan fingerprint density at radius 3 is 2.84 bits per heavy atom. The van der Waals surface area contributed by atoms with Gasteiger partial charge in [-0.05, 0) is 24.8 Å². The van der Waals surface area contributed by atoms with Crippen LogP contribution in [-0.2, 0) is 0 Å². The van der Waals surface area contributed by atoms with E-state index in [9.17, 15) is 0 Å². The van der Waals surface area contributed by atoms with Crippen molar-refractivity contribution in [1.82, 2.24) is 15.2 Å². The van der Waals surface area contributed by atoms with Gasteiger partial charge >= 0.3 is 0 Å². The average molecular weight is 280 g/mol. The van der Waals surface area contributed by atoms with E-state index in [1.807, 2.05) is 6.20 Å². The summed E-state index contributed by atoms with van der Waals surface area (Å²) in [4.78, 5) is 9.47. The number of thiazole rings is 1. The molecule has 1 unspecified atom stereocenters. The largest absolute Gasteiger partial charge is 0.346 e. The zero-order valence-corrected chi connectivity index (χ0v) is 12.6. The van der Waals surface area contributed by atoms with Crippen LogP contribution in [0.5, 0.6) is 0 Å². The molecule has 1 aromatic heterocycles. The van der Waals surface area contributed by atoms with Gasteiger partial charge in [-0.2, -0.15) is 0 Å². The minimum atomic E-state index is 0.474. The predicted octanol–water partition coefficient (Wildman–Crippen LogP) is 1.65. The van der Waals surface area contributed by atoms with Gasteiger partial charge in [0.15, 0.2) is 5.13 Å². The average Bonchev–Trinajstić information content (AvgIpc) is 2.94. The molecule has 19 heavy (non-hydrogen) atoms. The van der Waals surface area contributed by atoms with Crippen LogP contribution in [0.3, 0.4) is 0 Å². The lowest BCUT2D eigenvalue weighted by atomic mass is 9.82. The highest BCUT2D eigenvalue weighted by Crippen LogP contribution is 2.27. The molecule has 4 nitrogen and oxygen atoms in total. The molecule has 2 aliphatic heterocycles. The third-order valence-corrected chi connectivity index (χ3v) is 5.19. The fourth-order valence-corrected chi connectivity index (χ4v) is 3.96. The van der Waals surface area contributed by atoms with E-state index in [2.05, 4.69) is 32.4 Å². The molecule has 0 amide bonds. The van der Waals surface area contributed by atoms with Crippen LogP contribution in [0.1, 0.15) is 19.8 Å². The Hall–Kier alpha value is -0.650. The zero-order chi connectivity index (χ0) is 13.1. The lowest BCUT2D eigenvalue weighted by Gasteiger charge is -2.42. The molecule has 0 bridgehead atoms. The molecule has 0 spiro atoms. The van der Waals surface area contributed by atoms with Crippen LogP contribution in [-0.4, -0.2) is 55.7 Å². The maximum atomic E-state index is 4.41. The molecule has 0 aromatic carbocycles. The first kappa shape index (κ1) is 13.3. The summed E-state index contributed by atoms with van der Waals surface area (Å²) < 4.78 is 0. The third-order valence-electron chi connectivity index (χ3n) is 4.35. The fraction of sp³-hybridized carbons (Fsp3) is 0.786. The van der Waals surface area contributed by atoms with Crippen molar-refractivity contribution in [1.29, 1.82) is 0 Å². The van der Waals surface area contributed by atoms with Gasteiger partial charge in [0.05, 0.1) is 0 Å².